The second kappa shape index (κ2) is 8.26. The van der Waals surface area contributed by atoms with Crippen LogP contribution in [0.2, 0.25) is 0 Å². The molecule has 4 N–H and O–H groups in total. The summed E-state index contributed by atoms with van der Waals surface area (Å²) in [6.45, 7) is 5.00. The van der Waals surface area contributed by atoms with E-state index in [-0.39, 0.29) is 47.5 Å². The SMILES string of the molecule is CC(C)(C)OC(=O)N[C@@H](Cc1ccc(O)c(O)c1)C(=O)O.[Na]. The zero-order valence-electron chi connectivity index (χ0n) is 13.1. The van der Waals surface area contributed by atoms with Gasteiger partial charge in [0.15, 0.2) is 11.5 Å². The van der Waals surface area contributed by atoms with Crippen LogP contribution in [0.3, 0.4) is 0 Å². The van der Waals surface area contributed by atoms with E-state index in [0.29, 0.717) is 5.56 Å². The molecule has 0 aromatic heterocycles. The minimum absolute atomic E-state index is 0. The van der Waals surface area contributed by atoms with Crippen LogP contribution in [-0.4, -0.2) is 68.6 Å². The molecule has 22 heavy (non-hydrogen) atoms. The second-order valence-electron chi connectivity index (χ2n) is 5.56. The monoisotopic (exact) mass is 320 g/mol. The number of aromatic hydroxyl groups is 2. The molecule has 0 aliphatic heterocycles. The average Bonchev–Trinajstić information content (AvgIpc) is 2.30. The number of carbonyl (C=O) groups excluding carboxylic acids is 1. The molecule has 8 heteroatoms. The van der Waals surface area contributed by atoms with Gasteiger partial charge in [-0.05, 0) is 38.5 Å². The normalized spacial score (nSPS) is 12.0. The maximum absolute atomic E-state index is 11.6. The quantitative estimate of drug-likeness (QED) is 0.490. The molecular weight excluding hydrogens is 301 g/mol. The van der Waals surface area contributed by atoms with Crippen LogP contribution in [0, 0.1) is 0 Å². The summed E-state index contributed by atoms with van der Waals surface area (Å²) >= 11 is 0. The molecule has 1 radical (unpaired) electrons. The standard InChI is InChI=1S/C14H19NO6.Na/c1-14(2,3)21-13(20)15-9(12(18)19)6-8-4-5-10(16)11(17)7-8;/h4-5,7,9,16-17H,6H2,1-3H3,(H,15,20)(H,18,19);/t9-;/m0./s1. The predicted molar refractivity (Wildman–Crippen MR) is 80.0 cm³/mol. The molecule has 0 saturated heterocycles. The third-order valence-corrected chi connectivity index (χ3v) is 2.47. The minimum atomic E-state index is -1.23. The average molecular weight is 320 g/mol. The Bertz CT molecular complexity index is 541. The summed E-state index contributed by atoms with van der Waals surface area (Å²) in [4.78, 5) is 22.8. The van der Waals surface area contributed by atoms with Crippen molar-refractivity contribution in [1.82, 2.24) is 5.32 Å². The Balaban J connectivity index is 0.00000441. The van der Waals surface area contributed by atoms with E-state index < -0.39 is 23.7 Å². The fraction of sp³-hybridized carbons (Fsp3) is 0.429. The van der Waals surface area contributed by atoms with Crippen LogP contribution in [0.15, 0.2) is 18.2 Å². The summed E-state index contributed by atoms with van der Waals surface area (Å²) in [6.07, 6.45) is -0.888. The van der Waals surface area contributed by atoms with Crippen molar-refractivity contribution >= 4 is 41.6 Å². The van der Waals surface area contributed by atoms with Gasteiger partial charge in [-0.25, -0.2) is 9.59 Å². The van der Waals surface area contributed by atoms with Crippen LogP contribution < -0.4 is 5.32 Å². The number of phenols is 2. The number of amides is 1. The van der Waals surface area contributed by atoms with E-state index in [2.05, 4.69) is 5.32 Å². The fourth-order valence-corrected chi connectivity index (χ4v) is 1.58. The third kappa shape index (κ3) is 7.02. The summed E-state index contributed by atoms with van der Waals surface area (Å²) in [5.74, 6) is -1.88. The fourth-order valence-electron chi connectivity index (χ4n) is 1.58. The van der Waals surface area contributed by atoms with Crippen LogP contribution in [0.1, 0.15) is 26.3 Å². The van der Waals surface area contributed by atoms with Crippen molar-refractivity contribution in [2.24, 2.45) is 0 Å². The summed E-state index contributed by atoms with van der Waals surface area (Å²) < 4.78 is 5.00. The third-order valence-electron chi connectivity index (χ3n) is 2.47. The molecule has 7 nitrogen and oxygen atoms in total. The van der Waals surface area contributed by atoms with Gasteiger partial charge in [0, 0.05) is 36.0 Å². The van der Waals surface area contributed by atoms with Gasteiger partial charge in [0.2, 0.25) is 0 Å². The number of carboxylic acids is 1. The molecule has 0 aliphatic carbocycles. The Morgan fingerprint density at radius 1 is 1.23 bits per heavy atom. The minimum Gasteiger partial charge on any atom is -0.504 e. The molecule has 0 bridgehead atoms. The predicted octanol–water partition coefficient (Wildman–Crippen LogP) is 1.24. The van der Waals surface area contributed by atoms with Crippen LogP contribution >= 0.6 is 0 Å². The molecule has 1 rings (SSSR count). The summed E-state index contributed by atoms with van der Waals surface area (Å²) in [5.41, 5.74) is -0.280. The van der Waals surface area contributed by atoms with Gasteiger partial charge in [0.1, 0.15) is 11.6 Å². The molecular formula is C14H19NNaO6. The van der Waals surface area contributed by atoms with Crippen molar-refractivity contribution in [3.8, 4) is 11.5 Å². The number of nitrogens with one attached hydrogen (secondary N) is 1. The molecule has 1 amide bonds. The van der Waals surface area contributed by atoms with Gasteiger partial charge in [0.05, 0.1) is 0 Å². The number of ether oxygens (including phenoxy) is 1. The molecule has 0 spiro atoms. The number of hydrogen-bond donors (Lipinski definition) is 4. The number of aliphatic carboxylic acids is 1. The Hall–Kier alpha value is -1.44. The first kappa shape index (κ1) is 20.6. The van der Waals surface area contributed by atoms with Gasteiger partial charge in [0.25, 0.3) is 0 Å². The van der Waals surface area contributed by atoms with E-state index in [1.54, 1.807) is 20.8 Å². The Labute approximate surface area is 150 Å². The summed E-state index contributed by atoms with van der Waals surface area (Å²) in [7, 11) is 0. The summed E-state index contributed by atoms with van der Waals surface area (Å²) in [5, 5.41) is 30.0. The van der Waals surface area contributed by atoms with Gasteiger partial charge in [-0.2, -0.15) is 0 Å². The largest absolute Gasteiger partial charge is 0.504 e. The van der Waals surface area contributed by atoms with E-state index >= 15 is 0 Å². The molecule has 0 saturated carbocycles. The maximum atomic E-state index is 11.6. The molecule has 1 aromatic rings. The first-order valence-electron chi connectivity index (χ1n) is 6.31. The van der Waals surface area contributed by atoms with E-state index in [1.165, 1.54) is 18.2 Å². The van der Waals surface area contributed by atoms with Crippen LogP contribution in [0.4, 0.5) is 4.79 Å². The van der Waals surface area contributed by atoms with Crippen molar-refractivity contribution in [3.05, 3.63) is 23.8 Å². The second-order valence-corrected chi connectivity index (χ2v) is 5.56. The Morgan fingerprint density at radius 3 is 2.27 bits per heavy atom. The van der Waals surface area contributed by atoms with Crippen LogP contribution in [-0.2, 0) is 16.0 Å². The van der Waals surface area contributed by atoms with Gasteiger partial charge in [-0.3, -0.25) is 0 Å². The number of alkyl carbamates (subject to hydrolysis) is 1. The smallest absolute Gasteiger partial charge is 0.408 e. The van der Waals surface area contributed by atoms with Crippen molar-refractivity contribution in [2.75, 3.05) is 0 Å². The zero-order valence-corrected chi connectivity index (χ0v) is 15.1. The number of carbonyl (C=O) groups is 2. The first-order valence-corrected chi connectivity index (χ1v) is 6.31. The molecule has 0 fully saturated rings. The molecule has 0 unspecified atom stereocenters. The zero-order chi connectivity index (χ0) is 16.2. The molecule has 0 heterocycles. The van der Waals surface area contributed by atoms with Crippen molar-refractivity contribution in [2.45, 2.75) is 38.8 Å². The Kier molecular flexibility index (Phi) is 7.72. The van der Waals surface area contributed by atoms with Crippen LogP contribution in [0.25, 0.3) is 0 Å². The van der Waals surface area contributed by atoms with Gasteiger partial charge >= 0.3 is 12.1 Å². The van der Waals surface area contributed by atoms with Gasteiger partial charge in [-0.15, -0.1) is 0 Å². The number of carboxylic acid groups (broad SMARTS) is 1. The molecule has 0 aliphatic rings. The van der Waals surface area contributed by atoms with E-state index in [0.717, 1.165) is 0 Å². The maximum Gasteiger partial charge on any atom is 0.408 e. The van der Waals surface area contributed by atoms with E-state index in [1.807, 2.05) is 0 Å². The van der Waals surface area contributed by atoms with Gasteiger partial charge < -0.3 is 25.4 Å². The van der Waals surface area contributed by atoms with E-state index in [4.69, 9.17) is 9.84 Å². The van der Waals surface area contributed by atoms with Crippen molar-refractivity contribution in [1.29, 1.82) is 0 Å². The topological polar surface area (TPSA) is 116 Å². The van der Waals surface area contributed by atoms with Gasteiger partial charge in [-0.1, -0.05) is 6.07 Å². The Morgan fingerprint density at radius 2 is 1.82 bits per heavy atom. The van der Waals surface area contributed by atoms with E-state index in [9.17, 15) is 19.8 Å². The van der Waals surface area contributed by atoms with Crippen molar-refractivity contribution < 1.29 is 29.6 Å². The van der Waals surface area contributed by atoms with Crippen molar-refractivity contribution in [3.63, 3.8) is 0 Å². The number of hydrogen-bond acceptors (Lipinski definition) is 5. The number of benzene rings is 1. The summed E-state index contributed by atoms with van der Waals surface area (Å²) in [6, 6.07) is 2.74. The molecule has 1 aromatic carbocycles. The number of rotatable bonds is 4. The molecule has 117 valence electrons. The first-order chi connectivity index (χ1) is 9.58. The number of phenolic OH excluding ortho intramolecular Hbond substituents is 2. The molecule has 1 atom stereocenters. The van der Waals surface area contributed by atoms with Crippen LogP contribution in [0.5, 0.6) is 11.5 Å².